The number of hydrogen-bond acceptors (Lipinski definition) is 3. The smallest absolute Gasteiger partial charge is 0.254 e. The Labute approximate surface area is 130 Å². The summed E-state index contributed by atoms with van der Waals surface area (Å²) in [6.45, 7) is 0. The second-order valence-corrected chi connectivity index (χ2v) is 6.70. The number of hydrazone groups is 1. The standard InChI is InChI=1S/C16H13BrN2O2/c17-12-5-1-9(2-6-12)8-18-19-15(20)13-10-3-4-11(7-10)14(13)16(19)21/h1-6,8,10-11,13-14H,7H2/b18-8+. The van der Waals surface area contributed by atoms with E-state index in [0.717, 1.165) is 21.5 Å². The van der Waals surface area contributed by atoms with E-state index in [2.05, 4.69) is 33.2 Å². The Bertz CT molecular complexity index is 650. The predicted octanol–water partition coefficient (Wildman–Crippen LogP) is 2.59. The van der Waals surface area contributed by atoms with E-state index in [4.69, 9.17) is 0 Å². The van der Waals surface area contributed by atoms with Crippen molar-refractivity contribution in [2.75, 3.05) is 0 Å². The van der Waals surface area contributed by atoms with Gasteiger partial charge in [-0.25, -0.2) is 0 Å². The van der Waals surface area contributed by atoms with Gasteiger partial charge in [-0.2, -0.15) is 10.1 Å². The van der Waals surface area contributed by atoms with Crippen LogP contribution in [0.15, 0.2) is 46.0 Å². The van der Waals surface area contributed by atoms with Crippen molar-refractivity contribution in [1.29, 1.82) is 0 Å². The molecular formula is C16H13BrN2O2. The molecule has 1 aliphatic heterocycles. The first-order valence-corrected chi connectivity index (χ1v) is 7.80. The third-order valence-corrected chi connectivity index (χ3v) is 5.17. The second-order valence-electron chi connectivity index (χ2n) is 5.78. The third kappa shape index (κ3) is 1.91. The summed E-state index contributed by atoms with van der Waals surface area (Å²) in [5.74, 6) is -0.205. The van der Waals surface area contributed by atoms with Crippen molar-refractivity contribution < 1.29 is 9.59 Å². The molecule has 2 aliphatic carbocycles. The van der Waals surface area contributed by atoms with E-state index < -0.39 is 0 Å². The number of rotatable bonds is 2. The fraction of sp³-hybridized carbons (Fsp3) is 0.312. The highest BCUT2D eigenvalue weighted by Crippen LogP contribution is 2.52. The Morgan fingerprint density at radius 2 is 1.62 bits per heavy atom. The Kier molecular flexibility index (Phi) is 2.85. The number of benzene rings is 1. The number of carbonyl (C=O) groups excluding carboxylic acids is 2. The average Bonchev–Trinajstić information content (AvgIpc) is 3.14. The van der Waals surface area contributed by atoms with E-state index in [-0.39, 0.29) is 35.5 Å². The number of allylic oxidation sites excluding steroid dienone is 2. The van der Waals surface area contributed by atoms with Gasteiger partial charge in [0, 0.05) is 4.47 Å². The van der Waals surface area contributed by atoms with Gasteiger partial charge in [0.1, 0.15) is 0 Å². The van der Waals surface area contributed by atoms with E-state index in [1.165, 1.54) is 0 Å². The number of amides is 2. The van der Waals surface area contributed by atoms with E-state index in [9.17, 15) is 9.59 Å². The largest absolute Gasteiger partial charge is 0.272 e. The van der Waals surface area contributed by atoms with Crippen LogP contribution in [0, 0.1) is 23.7 Å². The van der Waals surface area contributed by atoms with Crippen LogP contribution in [0.4, 0.5) is 0 Å². The van der Waals surface area contributed by atoms with Crippen molar-refractivity contribution in [2.45, 2.75) is 6.42 Å². The summed E-state index contributed by atoms with van der Waals surface area (Å²) < 4.78 is 0.977. The van der Waals surface area contributed by atoms with Gasteiger partial charge in [0.25, 0.3) is 11.8 Å². The monoisotopic (exact) mass is 344 g/mol. The van der Waals surface area contributed by atoms with E-state index in [0.29, 0.717) is 0 Å². The van der Waals surface area contributed by atoms with Gasteiger partial charge in [-0.05, 0) is 36.0 Å². The molecule has 2 amide bonds. The van der Waals surface area contributed by atoms with E-state index >= 15 is 0 Å². The van der Waals surface area contributed by atoms with Crippen LogP contribution in [0.25, 0.3) is 0 Å². The molecule has 1 aromatic carbocycles. The molecule has 2 fully saturated rings. The summed E-state index contributed by atoms with van der Waals surface area (Å²) in [6, 6.07) is 7.55. The van der Waals surface area contributed by atoms with E-state index in [1.54, 1.807) is 6.21 Å². The lowest BCUT2D eigenvalue weighted by Gasteiger charge is -2.13. The van der Waals surface area contributed by atoms with E-state index in [1.807, 2.05) is 24.3 Å². The summed E-state index contributed by atoms with van der Waals surface area (Å²) in [4.78, 5) is 24.8. The minimum absolute atomic E-state index is 0.143. The predicted molar refractivity (Wildman–Crippen MR) is 81.3 cm³/mol. The molecular weight excluding hydrogens is 332 g/mol. The van der Waals surface area contributed by atoms with Crippen molar-refractivity contribution >= 4 is 34.0 Å². The van der Waals surface area contributed by atoms with Gasteiger partial charge in [-0.15, -0.1) is 0 Å². The molecule has 0 spiro atoms. The van der Waals surface area contributed by atoms with Crippen molar-refractivity contribution in [3.05, 3.63) is 46.5 Å². The maximum atomic E-state index is 12.4. The first kappa shape index (κ1) is 13.0. The lowest BCUT2D eigenvalue weighted by Crippen LogP contribution is -2.28. The van der Waals surface area contributed by atoms with Crippen LogP contribution in [-0.2, 0) is 9.59 Å². The minimum atomic E-state index is -0.186. The number of carbonyl (C=O) groups is 2. The topological polar surface area (TPSA) is 49.7 Å². The van der Waals surface area contributed by atoms with Gasteiger partial charge >= 0.3 is 0 Å². The second kappa shape index (κ2) is 4.63. The highest BCUT2D eigenvalue weighted by atomic mass is 79.9. The fourth-order valence-electron chi connectivity index (χ4n) is 3.67. The number of fused-ring (bicyclic) bond motifs is 5. The third-order valence-electron chi connectivity index (χ3n) is 4.64. The Morgan fingerprint density at radius 1 is 1.05 bits per heavy atom. The number of nitrogens with zero attached hydrogens (tertiary/aromatic N) is 2. The highest BCUT2D eigenvalue weighted by molar-refractivity contribution is 9.10. The Hall–Kier alpha value is -1.75. The summed E-state index contributed by atoms with van der Waals surface area (Å²) in [5.41, 5.74) is 0.858. The molecule has 4 atom stereocenters. The number of halogens is 1. The number of hydrogen-bond donors (Lipinski definition) is 0. The van der Waals surface area contributed by atoms with Gasteiger partial charge < -0.3 is 0 Å². The zero-order chi connectivity index (χ0) is 14.6. The summed E-state index contributed by atoms with van der Waals surface area (Å²) in [5, 5.41) is 5.20. The first-order valence-electron chi connectivity index (χ1n) is 7.01. The molecule has 2 bridgehead atoms. The van der Waals surface area contributed by atoms with Gasteiger partial charge in [-0.3, -0.25) is 9.59 Å². The molecule has 1 aromatic rings. The maximum Gasteiger partial charge on any atom is 0.254 e. The van der Waals surface area contributed by atoms with Gasteiger partial charge in [-0.1, -0.05) is 40.2 Å². The lowest BCUT2D eigenvalue weighted by molar-refractivity contribution is -0.140. The van der Waals surface area contributed by atoms with Crippen LogP contribution in [-0.4, -0.2) is 23.0 Å². The average molecular weight is 345 g/mol. The first-order chi connectivity index (χ1) is 10.1. The van der Waals surface area contributed by atoms with Crippen molar-refractivity contribution in [3.63, 3.8) is 0 Å². The minimum Gasteiger partial charge on any atom is -0.272 e. The Morgan fingerprint density at radius 3 is 2.19 bits per heavy atom. The van der Waals surface area contributed by atoms with Crippen LogP contribution in [0.2, 0.25) is 0 Å². The molecule has 1 saturated heterocycles. The van der Waals surface area contributed by atoms with Crippen LogP contribution >= 0.6 is 15.9 Å². The summed E-state index contributed by atoms with van der Waals surface area (Å²) >= 11 is 3.36. The fourth-order valence-corrected chi connectivity index (χ4v) is 3.94. The molecule has 3 aliphatic rings. The van der Waals surface area contributed by atoms with Crippen LogP contribution < -0.4 is 0 Å². The quantitative estimate of drug-likeness (QED) is 0.470. The molecule has 5 heteroatoms. The molecule has 1 heterocycles. The molecule has 0 N–H and O–H groups in total. The molecule has 0 radical (unpaired) electrons. The summed E-state index contributed by atoms with van der Waals surface area (Å²) in [6.07, 6.45) is 6.67. The molecule has 0 aromatic heterocycles. The van der Waals surface area contributed by atoms with Crippen molar-refractivity contribution in [2.24, 2.45) is 28.8 Å². The van der Waals surface area contributed by atoms with Crippen LogP contribution in [0.1, 0.15) is 12.0 Å². The SMILES string of the molecule is O=C1C2C3C=CC(C3)C2C(=O)N1/N=C/c1ccc(Br)cc1. The lowest BCUT2D eigenvalue weighted by atomic mass is 9.85. The maximum absolute atomic E-state index is 12.4. The molecule has 4 rings (SSSR count). The van der Waals surface area contributed by atoms with Crippen molar-refractivity contribution in [3.8, 4) is 0 Å². The zero-order valence-corrected chi connectivity index (χ0v) is 12.7. The highest BCUT2D eigenvalue weighted by Gasteiger charge is 2.59. The molecule has 4 nitrogen and oxygen atoms in total. The van der Waals surface area contributed by atoms with Gasteiger partial charge in [0.2, 0.25) is 0 Å². The van der Waals surface area contributed by atoms with Crippen molar-refractivity contribution in [1.82, 2.24) is 5.01 Å². The van der Waals surface area contributed by atoms with Gasteiger partial charge in [0.05, 0.1) is 18.1 Å². The van der Waals surface area contributed by atoms with Crippen LogP contribution in [0.5, 0.6) is 0 Å². The zero-order valence-electron chi connectivity index (χ0n) is 11.1. The Balaban J connectivity index is 1.58. The molecule has 21 heavy (non-hydrogen) atoms. The summed E-state index contributed by atoms with van der Waals surface area (Å²) in [7, 11) is 0. The molecule has 106 valence electrons. The number of imide groups is 1. The molecule has 1 saturated carbocycles. The molecule has 4 unspecified atom stereocenters. The normalized spacial score (nSPS) is 33.5. The van der Waals surface area contributed by atoms with Crippen LogP contribution in [0.3, 0.4) is 0 Å². The van der Waals surface area contributed by atoms with Gasteiger partial charge in [0.15, 0.2) is 0 Å².